The lowest BCUT2D eigenvalue weighted by Crippen LogP contribution is -1.98. The average molecular weight is 213 g/mol. The van der Waals surface area contributed by atoms with E-state index < -0.39 is 0 Å². The van der Waals surface area contributed by atoms with E-state index in [4.69, 9.17) is 0 Å². The van der Waals surface area contributed by atoms with E-state index in [1.165, 1.54) is 12.3 Å². The van der Waals surface area contributed by atoms with Gasteiger partial charge < -0.3 is 0 Å². The molecule has 0 atom stereocenters. The summed E-state index contributed by atoms with van der Waals surface area (Å²) in [5.74, 6) is 0.266. The molecular weight excluding hydrogens is 205 g/mol. The highest BCUT2D eigenvalue weighted by atomic mass is 19.1. The maximum Gasteiger partial charge on any atom is 0.154 e. The Balaban J connectivity index is 2.22. The first-order valence-electron chi connectivity index (χ1n) is 4.89. The fourth-order valence-electron chi connectivity index (χ4n) is 1.65. The summed E-state index contributed by atoms with van der Waals surface area (Å²) in [5, 5.41) is 5.26. The Hall–Kier alpha value is -2.23. The number of nitrogens with zero attached hydrogens (tertiary/aromatic N) is 3. The second kappa shape index (κ2) is 3.41. The molecule has 0 fully saturated rings. The average Bonchev–Trinajstić information content (AvgIpc) is 2.74. The molecule has 4 heteroatoms. The van der Waals surface area contributed by atoms with Gasteiger partial charge in [0.15, 0.2) is 5.82 Å². The maximum absolute atomic E-state index is 12.8. The number of benzene rings is 1. The lowest BCUT2D eigenvalue weighted by Gasteiger charge is -2.01. The molecule has 3 nitrogen and oxygen atoms in total. The van der Waals surface area contributed by atoms with Crippen LogP contribution in [0.2, 0.25) is 0 Å². The molecule has 0 saturated heterocycles. The fraction of sp³-hybridized carbons (Fsp3) is 0. The standard InChI is InChI=1S/C12H8FN3/c13-10-5-6-12(14-8-10)16-11-4-2-1-3-9(11)7-15-16/h1-8H. The third-order valence-electron chi connectivity index (χ3n) is 2.41. The molecule has 3 rings (SSSR count). The van der Waals surface area contributed by atoms with E-state index in [9.17, 15) is 4.39 Å². The van der Waals surface area contributed by atoms with Gasteiger partial charge in [0.1, 0.15) is 5.82 Å². The van der Waals surface area contributed by atoms with Gasteiger partial charge in [-0.1, -0.05) is 18.2 Å². The summed E-state index contributed by atoms with van der Waals surface area (Å²) in [7, 11) is 0. The van der Waals surface area contributed by atoms with Gasteiger partial charge in [0.25, 0.3) is 0 Å². The Kier molecular flexibility index (Phi) is 1.93. The molecule has 2 heterocycles. The molecule has 0 N–H and O–H groups in total. The van der Waals surface area contributed by atoms with Crippen LogP contribution in [-0.2, 0) is 0 Å². The summed E-state index contributed by atoms with van der Waals surface area (Å²) in [6, 6.07) is 10.8. The molecule has 0 amide bonds. The molecule has 1 aromatic carbocycles. The van der Waals surface area contributed by atoms with Crippen molar-refractivity contribution in [3.63, 3.8) is 0 Å². The largest absolute Gasteiger partial charge is 0.234 e. The lowest BCUT2D eigenvalue weighted by atomic mass is 10.2. The predicted molar refractivity (Wildman–Crippen MR) is 58.8 cm³/mol. The molecule has 0 radical (unpaired) electrons. The zero-order chi connectivity index (χ0) is 11.0. The van der Waals surface area contributed by atoms with Crippen molar-refractivity contribution in [1.82, 2.24) is 14.8 Å². The van der Waals surface area contributed by atoms with E-state index >= 15 is 0 Å². The van der Waals surface area contributed by atoms with Gasteiger partial charge in [0, 0.05) is 5.39 Å². The van der Waals surface area contributed by atoms with Crippen molar-refractivity contribution in [2.24, 2.45) is 0 Å². The number of rotatable bonds is 1. The van der Waals surface area contributed by atoms with Crippen LogP contribution >= 0.6 is 0 Å². The third kappa shape index (κ3) is 1.35. The van der Waals surface area contributed by atoms with E-state index in [-0.39, 0.29) is 5.82 Å². The van der Waals surface area contributed by atoms with Crippen LogP contribution in [0.5, 0.6) is 0 Å². The summed E-state index contributed by atoms with van der Waals surface area (Å²) < 4.78 is 14.4. The van der Waals surface area contributed by atoms with Crippen molar-refractivity contribution in [3.8, 4) is 5.82 Å². The van der Waals surface area contributed by atoms with Gasteiger partial charge in [-0.15, -0.1) is 0 Å². The molecule has 0 aliphatic heterocycles. The minimum absolute atomic E-state index is 0.347. The topological polar surface area (TPSA) is 30.7 Å². The van der Waals surface area contributed by atoms with Crippen LogP contribution in [0, 0.1) is 5.82 Å². The molecule has 0 aliphatic carbocycles. The highest BCUT2D eigenvalue weighted by molar-refractivity contribution is 5.79. The molecule has 0 bridgehead atoms. The van der Waals surface area contributed by atoms with Crippen LogP contribution in [0.3, 0.4) is 0 Å². The number of fused-ring (bicyclic) bond motifs is 1. The minimum Gasteiger partial charge on any atom is -0.234 e. The molecule has 2 aromatic heterocycles. The van der Waals surface area contributed by atoms with E-state index in [1.54, 1.807) is 16.9 Å². The molecule has 78 valence electrons. The van der Waals surface area contributed by atoms with Crippen molar-refractivity contribution in [2.75, 3.05) is 0 Å². The smallest absolute Gasteiger partial charge is 0.154 e. The second-order valence-electron chi connectivity index (χ2n) is 3.45. The van der Waals surface area contributed by atoms with Gasteiger partial charge in [-0.25, -0.2) is 14.1 Å². The molecule has 0 saturated carbocycles. The highest BCUT2D eigenvalue weighted by Crippen LogP contribution is 2.16. The number of aromatic nitrogens is 3. The zero-order valence-electron chi connectivity index (χ0n) is 8.34. The summed E-state index contributed by atoms with van der Waals surface area (Å²) in [4.78, 5) is 4.00. The van der Waals surface area contributed by atoms with Crippen LogP contribution in [-0.4, -0.2) is 14.8 Å². The van der Waals surface area contributed by atoms with Crippen molar-refractivity contribution in [1.29, 1.82) is 0 Å². The molecule has 0 aliphatic rings. The van der Waals surface area contributed by atoms with Crippen molar-refractivity contribution in [2.45, 2.75) is 0 Å². The monoisotopic (exact) mass is 213 g/mol. The van der Waals surface area contributed by atoms with Gasteiger partial charge in [0.2, 0.25) is 0 Å². The van der Waals surface area contributed by atoms with Crippen LogP contribution < -0.4 is 0 Å². The molecular formula is C12H8FN3. The van der Waals surface area contributed by atoms with E-state index in [1.807, 2.05) is 24.3 Å². The van der Waals surface area contributed by atoms with E-state index in [0.29, 0.717) is 5.82 Å². The Morgan fingerprint density at radius 1 is 1.00 bits per heavy atom. The van der Waals surface area contributed by atoms with E-state index in [2.05, 4.69) is 10.1 Å². The van der Waals surface area contributed by atoms with E-state index in [0.717, 1.165) is 10.9 Å². The molecule has 3 aromatic rings. The number of halogens is 1. The van der Waals surface area contributed by atoms with Gasteiger partial charge in [-0.2, -0.15) is 5.10 Å². The van der Waals surface area contributed by atoms with Gasteiger partial charge in [0.05, 0.1) is 17.9 Å². The number of pyridine rings is 1. The normalized spacial score (nSPS) is 10.8. The van der Waals surface area contributed by atoms with Crippen LogP contribution in [0.1, 0.15) is 0 Å². The summed E-state index contributed by atoms with van der Waals surface area (Å²) in [6.07, 6.45) is 2.95. The first-order chi connectivity index (χ1) is 7.84. The van der Waals surface area contributed by atoms with Gasteiger partial charge >= 0.3 is 0 Å². The first-order valence-corrected chi connectivity index (χ1v) is 4.89. The van der Waals surface area contributed by atoms with Crippen LogP contribution in [0.15, 0.2) is 48.8 Å². The number of hydrogen-bond acceptors (Lipinski definition) is 2. The van der Waals surface area contributed by atoms with Gasteiger partial charge in [-0.3, -0.25) is 0 Å². The molecule has 0 unspecified atom stereocenters. The SMILES string of the molecule is Fc1ccc(-n2ncc3ccccc32)nc1. The Morgan fingerprint density at radius 3 is 2.69 bits per heavy atom. The third-order valence-corrected chi connectivity index (χ3v) is 2.41. The Bertz CT molecular complexity index is 628. The molecule has 0 spiro atoms. The summed E-state index contributed by atoms with van der Waals surface area (Å²) >= 11 is 0. The van der Waals surface area contributed by atoms with Crippen LogP contribution in [0.25, 0.3) is 16.7 Å². The minimum atomic E-state index is -0.347. The maximum atomic E-state index is 12.8. The number of para-hydroxylation sites is 1. The van der Waals surface area contributed by atoms with Gasteiger partial charge in [-0.05, 0) is 18.2 Å². The predicted octanol–water partition coefficient (Wildman–Crippen LogP) is 2.56. The Morgan fingerprint density at radius 2 is 1.88 bits per heavy atom. The van der Waals surface area contributed by atoms with Crippen molar-refractivity contribution in [3.05, 3.63) is 54.6 Å². The summed E-state index contributed by atoms with van der Waals surface area (Å²) in [5.41, 5.74) is 0.960. The lowest BCUT2D eigenvalue weighted by molar-refractivity contribution is 0.619. The van der Waals surface area contributed by atoms with Crippen molar-refractivity contribution >= 4 is 10.9 Å². The summed E-state index contributed by atoms with van der Waals surface area (Å²) in [6.45, 7) is 0. The highest BCUT2D eigenvalue weighted by Gasteiger charge is 2.04. The van der Waals surface area contributed by atoms with Crippen molar-refractivity contribution < 1.29 is 4.39 Å². The zero-order valence-corrected chi connectivity index (χ0v) is 8.34. The fourth-order valence-corrected chi connectivity index (χ4v) is 1.65. The second-order valence-corrected chi connectivity index (χ2v) is 3.45. The molecule has 16 heavy (non-hydrogen) atoms. The Labute approximate surface area is 91.2 Å². The first kappa shape index (κ1) is 9.03. The van der Waals surface area contributed by atoms with Crippen LogP contribution in [0.4, 0.5) is 4.39 Å². The quantitative estimate of drug-likeness (QED) is 0.622. The number of hydrogen-bond donors (Lipinski definition) is 0.